The summed E-state index contributed by atoms with van der Waals surface area (Å²) in [7, 11) is 0. The quantitative estimate of drug-likeness (QED) is 0.625. The standard InChI is InChI=1S/C11H24N2O2/c1-9(2)15-8-7-13-10(14)5-6-11(3,4)12/h9H,5-8,12H2,1-4H3,(H,13,14). The van der Waals surface area contributed by atoms with Crippen LogP contribution in [-0.2, 0) is 9.53 Å². The van der Waals surface area contributed by atoms with Crippen molar-refractivity contribution in [1.82, 2.24) is 5.32 Å². The van der Waals surface area contributed by atoms with Gasteiger partial charge in [-0.05, 0) is 34.1 Å². The monoisotopic (exact) mass is 216 g/mol. The summed E-state index contributed by atoms with van der Waals surface area (Å²) in [6.45, 7) is 8.92. The van der Waals surface area contributed by atoms with E-state index in [1.54, 1.807) is 0 Å². The molecule has 0 saturated carbocycles. The molecule has 0 rings (SSSR count). The van der Waals surface area contributed by atoms with Crippen LogP contribution >= 0.6 is 0 Å². The van der Waals surface area contributed by atoms with E-state index < -0.39 is 0 Å². The van der Waals surface area contributed by atoms with Crippen molar-refractivity contribution in [2.45, 2.75) is 52.2 Å². The second-order valence-electron chi connectivity index (χ2n) is 4.76. The number of ether oxygens (including phenoxy) is 1. The first-order valence-corrected chi connectivity index (χ1v) is 5.48. The highest BCUT2D eigenvalue weighted by atomic mass is 16.5. The summed E-state index contributed by atoms with van der Waals surface area (Å²) in [5.41, 5.74) is 5.50. The number of carbonyl (C=O) groups excluding carboxylic acids is 1. The van der Waals surface area contributed by atoms with E-state index in [1.165, 1.54) is 0 Å². The fraction of sp³-hybridized carbons (Fsp3) is 0.909. The fourth-order valence-electron chi connectivity index (χ4n) is 1.01. The van der Waals surface area contributed by atoms with Gasteiger partial charge in [-0.15, -0.1) is 0 Å². The normalized spacial score (nSPS) is 11.9. The molecule has 0 unspecified atom stereocenters. The Labute approximate surface area is 92.6 Å². The molecule has 0 radical (unpaired) electrons. The minimum atomic E-state index is -0.272. The van der Waals surface area contributed by atoms with Crippen LogP contribution in [-0.4, -0.2) is 30.7 Å². The second kappa shape index (κ2) is 6.80. The van der Waals surface area contributed by atoms with Crippen LogP contribution in [0.3, 0.4) is 0 Å². The lowest BCUT2D eigenvalue weighted by atomic mass is 10.00. The Morgan fingerprint density at radius 2 is 2.07 bits per heavy atom. The third-order valence-electron chi connectivity index (χ3n) is 1.87. The molecule has 0 fully saturated rings. The number of hydrogen-bond acceptors (Lipinski definition) is 3. The summed E-state index contributed by atoms with van der Waals surface area (Å²) in [4.78, 5) is 11.3. The second-order valence-corrected chi connectivity index (χ2v) is 4.76. The van der Waals surface area contributed by atoms with Gasteiger partial charge in [0.2, 0.25) is 5.91 Å². The molecule has 0 heterocycles. The predicted molar refractivity (Wildman–Crippen MR) is 61.6 cm³/mol. The Morgan fingerprint density at radius 3 is 2.53 bits per heavy atom. The maximum Gasteiger partial charge on any atom is 0.220 e. The van der Waals surface area contributed by atoms with Crippen LogP contribution in [0, 0.1) is 0 Å². The minimum absolute atomic E-state index is 0.0425. The van der Waals surface area contributed by atoms with Crippen molar-refractivity contribution in [3.8, 4) is 0 Å². The fourth-order valence-corrected chi connectivity index (χ4v) is 1.01. The lowest BCUT2D eigenvalue weighted by Crippen LogP contribution is -2.35. The molecule has 0 bridgehead atoms. The number of nitrogens with two attached hydrogens (primary N) is 1. The van der Waals surface area contributed by atoms with Crippen LogP contribution in [0.5, 0.6) is 0 Å². The minimum Gasteiger partial charge on any atom is -0.377 e. The predicted octanol–water partition coefficient (Wildman–Crippen LogP) is 1.05. The molecule has 0 aromatic carbocycles. The van der Waals surface area contributed by atoms with Gasteiger partial charge in [-0.2, -0.15) is 0 Å². The van der Waals surface area contributed by atoms with Crippen molar-refractivity contribution >= 4 is 5.91 Å². The lowest BCUT2D eigenvalue weighted by molar-refractivity contribution is -0.121. The van der Waals surface area contributed by atoms with Crippen LogP contribution in [0.4, 0.5) is 0 Å². The highest BCUT2D eigenvalue weighted by molar-refractivity contribution is 5.75. The first-order chi connectivity index (χ1) is 6.81. The van der Waals surface area contributed by atoms with Gasteiger partial charge in [0.15, 0.2) is 0 Å². The molecule has 4 nitrogen and oxygen atoms in total. The van der Waals surface area contributed by atoms with Gasteiger partial charge in [0.1, 0.15) is 0 Å². The molecule has 0 aliphatic rings. The van der Waals surface area contributed by atoms with Crippen molar-refractivity contribution < 1.29 is 9.53 Å². The molecular formula is C11H24N2O2. The Bertz CT molecular complexity index is 186. The molecule has 0 aromatic heterocycles. The highest BCUT2D eigenvalue weighted by Gasteiger charge is 2.12. The maximum absolute atomic E-state index is 11.3. The summed E-state index contributed by atoms with van der Waals surface area (Å²) in [5.74, 6) is 0.0425. The van der Waals surface area contributed by atoms with Crippen molar-refractivity contribution in [3.05, 3.63) is 0 Å². The zero-order valence-electron chi connectivity index (χ0n) is 10.3. The molecule has 90 valence electrons. The zero-order valence-corrected chi connectivity index (χ0v) is 10.3. The van der Waals surface area contributed by atoms with Crippen molar-refractivity contribution in [2.75, 3.05) is 13.2 Å². The summed E-state index contributed by atoms with van der Waals surface area (Å²) >= 11 is 0. The van der Waals surface area contributed by atoms with Gasteiger partial charge in [0.25, 0.3) is 0 Å². The van der Waals surface area contributed by atoms with Gasteiger partial charge in [0.05, 0.1) is 12.7 Å². The molecule has 15 heavy (non-hydrogen) atoms. The molecular weight excluding hydrogens is 192 g/mol. The van der Waals surface area contributed by atoms with Crippen molar-refractivity contribution in [1.29, 1.82) is 0 Å². The number of carbonyl (C=O) groups is 1. The van der Waals surface area contributed by atoms with Crippen molar-refractivity contribution in [3.63, 3.8) is 0 Å². The van der Waals surface area contributed by atoms with Crippen LogP contribution in [0.2, 0.25) is 0 Å². The van der Waals surface area contributed by atoms with E-state index in [9.17, 15) is 4.79 Å². The topological polar surface area (TPSA) is 64.3 Å². The van der Waals surface area contributed by atoms with Gasteiger partial charge < -0.3 is 15.8 Å². The smallest absolute Gasteiger partial charge is 0.220 e. The van der Waals surface area contributed by atoms with Crippen LogP contribution < -0.4 is 11.1 Å². The van der Waals surface area contributed by atoms with Gasteiger partial charge >= 0.3 is 0 Å². The molecule has 0 atom stereocenters. The molecule has 0 aromatic rings. The molecule has 4 heteroatoms. The van der Waals surface area contributed by atoms with Gasteiger partial charge in [-0.25, -0.2) is 0 Å². The van der Waals surface area contributed by atoms with Gasteiger partial charge in [-0.1, -0.05) is 0 Å². The van der Waals surface area contributed by atoms with Crippen LogP contribution in [0.1, 0.15) is 40.5 Å². The van der Waals surface area contributed by atoms with E-state index in [4.69, 9.17) is 10.5 Å². The number of amides is 1. The average molecular weight is 216 g/mol. The maximum atomic E-state index is 11.3. The van der Waals surface area contributed by atoms with E-state index in [1.807, 2.05) is 27.7 Å². The average Bonchev–Trinajstić information content (AvgIpc) is 2.07. The van der Waals surface area contributed by atoms with E-state index >= 15 is 0 Å². The first kappa shape index (κ1) is 14.4. The summed E-state index contributed by atoms with van der Waals surface area (Å²) < 4.78 is 5.30. The Balaban J connectivity index is 3.42. The third-order valence-corrected chi connectivity index (χ3v) is 1.87. The van der Waals surface area contributed by atoms with Crippen LogP contribution in [0.25, 0.3) is 0 Å². The van der Waals surface area contributed by atoms with Crippen molar-refractivity contribution in [2.24, 2.45) is 5.73 Å². The molecule has 0 aliphatic carbocycles. The Kier molecular flexibility index (Phi) is 6.52. The van der Waals surface area contributed by atoms with E-state index in [-0.39, 0.29) is 17.6 Å². The Morgan fingerprint density at radius 1 is 1.47 bits per heavy atom. The molecule has 0 aliphatic heterocycles. The lowest BCUT2D eigenvalue weighted by Gasteiger charge is -2.17. The number of hydrogen-bond donors (Lipinski definition) is 2. The van der Waals surface area contributed by atoms with Gasteiger partial charge in [0, 0.05) is 18.5 Å². The molecule has 0 spiro atoms. The molecule has 0 saturated heterocycles. The van der Waals surface area contributed by atoms with E-state index in [0.717, 1.165) is 0 Å². The first-order valence-electron chi connectivity index (χ1n) is 5.48. The third kappa shape index (κ3) is 11.3. The van der Waals surface area contributed by atoms with E-state index in [0.29, 0.717) is 26.0 Å². The van der Waals surface area contributed by atoms with Crippen LogP contribution in [0.15, 0.2) is 0 Å². The summed E-state index contributed by atoms with van der Waals surface area (Å²) in [6.07, 6.45) is 1.39. The summed E-state index contributed by atoms with van der Waals surface area (Å²) in [5, 5.41) is 2.79. The zero-order chi connectivity index (χ0) is 11.9. The largest absolute Gasteiger partial charge is 0.377 e. The number of nitrogens with one attached hydrogen (secondary N) is 1. The SMILES string of the molecule is CC(C)OCCNC(=O)CCC(C)(C)N. The highest BCUT2D eigenvalue weighted by Crippen LogP contribution is 2.06. The Hall–Kier alpha value is -0.610. The van der Waals surface area contributed by atoms with Gasteiger partial charge in [-0.3, -0.25) is 4.79 Å². The van der Waals surface area contributed by atoms with E-state index in [2.05, 4.69) is 5.32 Å². The number of rotatable bonds is 7. The summed E-state index contributed by atoms with van der Waals surface area (Å²) in [6, 6.07) is 0. The molecule has 1 amide bonds. The molecule has 3 N–H and O–H groups in total.